The Balaban J connectivity index is 2.86. The summed E-state index contributed by atoms with van der Waals surface area (Å²) in [5.41, 5.74) is -2.04. The van der Waals surface area contributed by atoms with Gasteiger partial charge in [-0.3, -0.25) is 5.26 Å². The van der Waals surface area contributed by atoms with E-state index in [1.165, 1.54) is 0 Å². The van der Waals surface area contributed by atoms with Crippen LogP contribution in [0.5, 0.6) is 0 Å². The second-order valence-corrected chi connectivity index (χ2v) is 3.42. The van der Waals surface area contributed by atoms with Gasteiger partial charge >= 0.3 is 5.97 Å². The summed E-state index contributed by atoms with van der Waals surface area (Å²) in [5.74, 6) is -1.50. The normalized spacial score (nSPS) is 43.6. The first-order chi connectivity index (χ1) is 6.43. The maximum absolute atomic E-state index is 10.7. The van der Waals surface area contributed by atoms with Crippen LogP contribution in [0, 0.1) is 0 Å². The lowest BCUT2D eigenvalue weighted by Gasteiger charge is -2.38. The zero-order valence-corrected chi connectivity index (χ0v) is 7.20. The van der Waals surface area contributed by atoms with Gasteiger partial charge in [0.05, 0.1) is 12.2 Å². The highest BCUT2D eigenvalue weighted by molar-refractivity contribution is 5.77. The number of aliphatic hydroxyl groups excluding tert-OH is 3. The van der Waals surface area contributed by atoms with Crippen LogP contribution in [0.1, 0.15) is 12.8 Å². The number of carboxylic acids is 1. The summed E-state index contributed by atoms with van der Waals surface area (Å²) in [7, 11) is 0. The number of rotatable bonds is 2. The van der Waals surface area contributed by atoms with E-state index in [4.69, 9.17) is 15.5 Å². The molecule has 1 aliphatic carbocycles. The molecule has 0 aromatic carbocycles. The number of hydrogen-bond donors (Lipinski definition) is 5. The van der Waals surface area contributed by atoms with Crippen molar-refractivity contribution in [3.8, 4) is 0 Å². The molecule has 1 rings (SSSR count). The molecule has 0 aromatic rings. The standard InChI is InChI=1S/C7H12O7/c8-3-1-7(14-13,6(11)12)2-4(9)5(3)10/h3-5,8-10,13H,1-2H2,(H,11,12)/t3-,4-,5?,7?/m1/s1. The SMILES string of the molecule is O=C(O)C1(OO)C[C@@H](O)C(O)[C@H](O)C1. The first kappa shape index (κ1) is 11.3. The minimum absolute atomic E-state index is 0.475. The Hall–Kier alpha value is -0.730. The van der Waals surface area contributed by atoms with Gasteiger partial charge in [-0.1, -0.05) is 0 Å². The molecule has 0 radical (unpaired) electrons. The van der Waals surface area contributed by atoms with Crippen molar-refractivity contribution in [2.75, 3.05) is 0 Å². The average molecular weight is 208 g/mol. The Kier molecular flexibility index (Phi) is 3.07. The molecule has 0 heterocycles. The van der Waals surface area contributed by atoms with Crippen molar-refractivity contribution in [2.24, 2.45) is 0 Å². The van der Waals surface area contributed by atoms with Crippen molar-refractivity contribution in [1.82, 2.24) is 0 Å². The second kappa shape index (κ2) is 3.79. The monoisotopic (exact) mass is 208 g/mol. The number of hydrogen-bond acceptors (Lipinski definition) is 6. The maximum atomic E-state index is 10.7. The molecular weight excluding hydrogens is 196 g/mol. The van der Waals surface area contributed by atoms with E-state index in [9.17, 15) is 15.0 Å². The zero-order valence-electron chi connectivity index (χ0n) is 7.20. The lowest BCUT2D eigenvalue weighted by atomic mass is 9.80. The van der Waals surface area contributed by atoms with Gasteiger partial charge in [0, 0.05) is 12.8 Å². The molecular formula is C7H12O7. The fourth-order valence-corrected chi connectivity index (χ4v) is 1.55. The summed E-state index contributed by atoms with van der Waals surface area (Å²) in [6.45, 7) is 0. The third-order valence-corrected chi connectivity index (χ3v) is 2.43. The lowest BCUT2D eigenvalue weighted by Crippen LogP contribution is -2.57. The highest BCUT2D eigenvalue weighted by Gasteiger charge is 2.51. The van der Waals surface area contributed by atoms with Crippen molar-refractivity contribution in [2.45, 2.75) is 36.8 Å². The van der Waals surface area contributed by atoms with Gasteiger partial charge in [-0.25, -0.2) is 9.68 Å². The Morgan fingerprint density at radius 2 is 1.64 bits per heavy atom. The van der Waals surface area contributed by atoms with Crippen LogP contribution >= 0.6 is 0 Å². The molecule has 14 heavy (non-hydrogen) atoms. The summed E-state index contributed by atoms with van der Waals surface area (Å²) in [6, 6.07) is 0. The minimum atomic E-state index is -2.04. The molecule has 0 unspecified atom stereocenters. The Morgan fingerprint density at radius 3 is 1.93 bits per heavy atom. The van der Waals surface area contributed by atoms with E-state index in [-0.39, 0.29) is 0 Å². The fraction of sp³-hybridized carbons (Fsp3) is 0.857. The molecule has 0 bridgehead atoms. The third kappa shape index (κ3) is 1.72. The van der Waals surface area contributed by atoms with Crippen molar-refractivity contribution in [3.63, 3.8) is 0 Å². The lowest BCUT2D eigenvalue weighted by molar-refractivity contribution is -0.338. The molecule has 0 amide bonds. The quantitative estimate of drug-likeness (QED) is 0.267. The van der Waals surface area contributed by atoms with Crippen LogP contribution in [0.25, 0.3) is 0 Å². The molecule has 1 aliphatic rings. The summed E-state index contributed by atoms with van der Waals surface area (Å²) >= 11 is 0. The van der Waals surface area contributed by atoms with Crippen molar-refractivity contribution in [3.05, 3.63) is 0 Å². The van der Waals surface area contributed by atoms with Crippen molar-refractivity contribution in [1.29, 1.82) is 0 Å². The van der Waals surface area contributed by atoms with E-state index in [0.29, 0.717) is 0 Å². The average Bonchev–Trinajstić information content (AvgIpc) is 2.13. The highest BCUT2D eigenvalue weighted by atomic mass is 17.1. The predicted octanol–water partition coefficient (Wildman–Crippen LogP) is -1.82. The van der Waals surface area contributed by atoms with Crippen molar-refractivity contribution >= 4 is 5.97 Å². The molecule has 0 aliphatic heterocycles. The third-order valence-electron chi connectivity index (χ3n) is 2.43. The fourth-order valence-electron chi connectivity index (χ4n) is 1.55. The molecule has 0 spiro atoms. The van der Waals surface area contributed by atoms with Crippen LogP contribution < -0.4 is 0 Å². The van der Waals surface area contributed by atoms with E-state index < -0.39 is 42.7 Å². The summed E-state index contributed by atoms with van der Waals surface area (Å²) in [6.07, 6.45) is -5.25. The van der Waals surface area contributed by atoms with Gasteiger partial charge in [-0.15, -0.1) is 0 Å². The van der Waals surface area contributed by atoms with Crippen molar-refractivity contribution < 1.29 is 35.4 Å². The predicted molar refractivity (Wildman–Crippen MR) is 41.3 cm³/mol. The molecule has 0 saturated heterocycles. The summed E-state index contributed by atoms with van der Waals surface area (Å²) in [5, 5.41) is 44.7. The van der Waals surface area contributed by atoms with Crippen LogP contribution in [0.2, 0.25) is 0 Å². The van der Waals surface area contributed by atoms with E-state index >= 15 is 0 Å². The number of carboxylic acid groups (broad SMARTS) is 1. The van der Waals surface area contributed by atoms with Crippen LogP contribution in [0.4, 0.5) is 0 Å². The Bertz CT molecular complexity index is 216. The van der Waals surface area contributed by atoms with Gasteiger partial charge in [0.15, 0.2) is 0 Å². The maximum Gasteiger partial charge on any atom is 0.339 e. The molecule has 1 fully saturated rings. The van der Waals surface area contributed by atoms with Gasteiger partial charge in [-0.05, 0) is 0 Å². The highest BCUT2D eigenvalue weighted by Crippen LogP contribution is 2.32. The first-order valence-corrected chi connectivity index (χ1v) is 4.03. The number of carbonyl (C=O) groups is 1. The molecule has 0 aromatic heterocycles. The van der Waals surface area contributed by atoms with Gasteiger partial charge in [0.25, 0.3) is 0 Å². The molecule has 7 heteroatoms. The van der Waals surface area contributed by atoms with Crippen LogP contribution in [0.3, 0.4) is 0 Å². The van der Waals surface area contributed by atoms with Gasteiger partial charge in [0.1, 0.15) is 6.10 Å². The van der Waals surface area contributed by atoms with Crippen LogP contribution in [-0.2, 0) is 9.68 Å². The Morgan fingerprint density at radius 1 is 1.21 bits per heavy atom. The Labute approximate surface area is 79.1 Å². The van der Waals surface area contributed by atoms with E-state index in [1.807, 2.05) is 0 Å². The molecule has 82 valence electrons. The molecule has 1 saturated carbocycles. The smallest absolute Gasteiger partial charge is 0.339 e. The molecule has 7 nitrogen and oxygen atoms in total. The van der Waals surface area contributed by atoms with E-state index in [0.717, 1.165) is 0 Å². The minimum Gasteiger partial charge on any atom is -0.479 e. The van der Waals surface area contributed by atoms with Gasteiger partial charge in [-0.2, -0.15) is 0 Å². The summed E-state index contributed by atoms with van der Waals surface area (Å²) in [4.78, 5) is 14.5. The van der Waals surface area contributed by atoms with Gasteiger partial charge < -0.3 is 20.4 Å². The van der Waals surface area contributed by atoms with Crippen LogP contribution in [0.15, 0.2) is 0 Å². The van der Waals surface area contributed by atoms with Gasteiger partial charge in [0.2, 0.25) is 5.60 Å². The molecule has 5 N–H and O–H groups in total. The van der Waals surface area contributed by atoms with E-state index in [1.54, 1.807) is 0 Å². The number of aliphatic carboxylic acids is 1. The second-order valence-electron chi connectivity index (χ2n) is 3.42. The molecule has 2 atom stereocenters. The first-order valence-electron chi connectivity index (χ1n) is 4.03. The van der Waals surface area contributed by atoms with Crippen LogP contribution in [-0.4, -0.2) is 55.6 Å². The zero-order chi connectivity index (χ0) is 10.9. The number of aliphatic hydroxyl groups is 3. The van der Waals surface area contributed by atoms with E-state index in [2.05, 4.69) is 4.89 Å². The largest absolute Gasteiger partial charge is 0.479 e. The topological polar surface area (TPSA) is 127 Å². The summed E-state index contributed by atoms with van der Waals surface area (Å²) < 4.78 is 0.